The molecule has 0 bridgehead atoms. The van der Waals surface area contributed by atoms with Crippen LogP contribution >= 0.6 is 0 Å². The standard InChI is InChI=1S/C13H22N2O2/c16-13-12(5-7-17-13)15-6-1-2-10(9-15)8-14-11-3-4-11/h10-12,14H,1-9H2. The van der Waals surface area contributed by atoms with Crippen molar-refractivity contribution in [1.82, 2.24) is 10.2 Å². The van der Waals surface area contributed by atoms with E-state index in [0.29, 0.717) is 6.61 Å². The van der Waals surface area contributed by atoms with E-state index in [2.05, 4.69) is 10.2 Å². The quantitative estimate of drug-likeness (QED) is 0.734. The van der Waals surface area contributed by atoms with Crippen molar-refractivity contribution in [1.29, 1.82) is 0 Å². The molecule has 2 saturated heterocycles. The van der Waals surface area contributed by atoms with Gasteiger partial charge in [0.25, 0.3) is 0 Å². The lowest BCUT2D eigenvalue weighted by molar-refractivity contribution is -0.142. The van der Waals surface area contributed by atoms with Crippen LogP contribution in [0.3, 0.4) is 0 Å². The first-order valence-electron chi connectivity index (χ1n) is 6.97. The summed E-state index contributed by atoms with van der Waals surface area (Å²) in [5, 5.41) is 3.61. The molecular weight excluding hydrogens is 216 g/mol. The summed E-state index contributed by atoms with van der Waals surface area (Å²) in [7, 11) is 0. The van der Waals surface area contributed by atoms with Crippen LogP contribution in [0.1, 0.15) is 32.1 Å². The van der Waals surface area contributed by atoms with Gasteiger partial charge in [-0.3, -0.25) is 9.69 Å². The molecule has 2 heterocycles. The number of likely N-dealkylation sites (tertiary alicyclic amines) is 1. The van der Waals surface area contributed by atoms with Gasteiger partial charge in [-0.05, 0) is 44.7 Å². The maximum Gasteiger partial charge on any atom is 0.323 e. The van der Waals surface area contributed by atoms with E-state index >= 15 is 0 Å². The van der Waals surface area contributed by atoms with Crippen molar-refractivity contribution in [2.24, 2.45) is 5.92 Å². The first-order valence-corrected chi connectivity index (χ1v) is 6.97. The Balaban J connectivity index is 1.49. The average molecular weight is 238 g/mol. The number of rotatable bonds is 4. The molecule has 0 aromatic heterocycles. The first kappa shape index (κ1) is 11.5. The summed E-state index contributed by atoms with van der Waals surface area (Å²) < 4.78 is 5.07. The SMILES string of the molecule is O=C1OCCC1N1CCCC(CNC2CC2)C1. The van der Waals surface area contributed by atoms with E-state index in [9.17, 15) is 4.79 Å². The van der Waals surface area contributed by atoms with Crippen molar-refractivity contribution in [3.8, 4) is 0 Å². The third kappa shape index (κ3) is 2.80. The van der Waals surface area contributed by atoms with Crippen LogP contribution in [0.2, 0.25) is 0 Å². The molecule has 2 atom stereocenters. The molecule has 2 aliphatic heterocycles. The fraction of sp³-hybridized carbons (Fsp3) is 0.923. The number of hydrogen-bond donors (Lipinski definition) is 1. The lowest BCUT2D eigenvalue weighted by atomic mass is 9.96. The summed E-state index contributed by atoms with van der Waals surface area (Å²) in [4.78, 5) is 13.9. The highest BCUT2D eigenvalue weighted by Gasteiger charge is 2.35. The average Bonchev–Trinajstić information content (AvgIpc) is 3.08. The zero-order valence-corrected chi connectivity index (χ0v) is 10.4. The van der Waals surface area contributed by atoms with Gasteiger partial charge in [0, 0.05) is 19.0 Å². The predicted octanol–water partition coefficient (Wildman–Crippen LogP) is 0.766. The number of piperidine rings is 1. The van der Waals surface area contributed by atoms with E-state index in [4.69, 9.17) is 4.74 Å². The molecule has 1 aliphatic carbocycles. The summed E-state index contributed by atoms with van der Waals surface area (Å²) in [5.74, 6) is 0.721. The maximum atomic E-state index is 11.6. The number of cyclic esters (lactones) is 1. The number of nitrogens with zero attached hydrogens (tertiary/aromatic N) is 1. The van der Waals surface area contributed by atoms with E-state index < -0.39 is 0 Å². The second-order valence-corrected chi connectivity index (χ2v) is 5.66. The Morgan fingerprint density at radius 2 is 2.18 bits per heavy atom. The predicted molar refractivity (Wildman–Crippen MR) is 64.7 cm³/mol. The highest BCUT2D eigenvalue weighted by Crippen LogP contribution is 2.24. The minimum Gasteiger partial charge on any atom is -0.464 e. The highest BCUT2D eigenvalue weighted by atomic mass is 16.5. The third-order valence-electron chi connectivity index (χ3n) is 4.17. The molecule has 17 heavy (non-hydrogen) atoms. The Hall–Kier alpha value is -0.610. The molecule has 1 saturated carbocycles. The van der Waals surface area contributed by atoms with Gasteiger partial charge in [0.05, 0.1) is 6.61 Å². The van der Waals surface area contributed by atoms with Gasteiger partial charge in [-0.25, -0.2) is 0 Å². The van der Waals surface area contributed by atoms with E-state index in [1.807, 2.05) is 0 Å². The summed E-state index contributed by atoms with van der Waals surface area (Å²) in [6.07, 6.45) is 6.12. The summed E-state index contributed by atoms with van der Waals surface area (Å²) in [6.45, 7) is 3.88. The zero-order valence-electron chi connectivity index (χ0n) is 10.4. The smallest absolute Gasteiger partial charge is 0.323 e. The topological polar surface area (TPSA) is 41.6 Å². The van der Waals surface area contributed by atoms with Gasteiger partial charge in [-0.2, -0.15) is 0 Å². The molecule has 1 N–H and O–H groups in total. The van der Waals surface area contributed by atoms with Crippen LogP contribution in [0.5, 0.6) is 0 Å². The van der Waals surface area contributed by atoms with Crippen LogP contribution < -0.4 is 5.32 Å². The van der Waals surface area contributed by atoms with Gasteiger partial charge in [0.15, 0.2) is 0 Å². The minimum atomic E-state index is 0.000743. The van der Waals surface area contributed by atoms with Crippen molar-refractivity contribution < 1.29 is 9.53 Å². The molecule has 3 fully saturated rings. The van der Waals surface area contributed by atoms with Crippen molar-refractivity contribution in [3.63, 3.8) is 0 Å². The number of hydrogen-bond acceptors (Lipinski definition) is 4. The second kappa shape index (κ2) is 4.94. The van der Waals surface area contributed by atoms with Crippen LogP contribution in [-0.2, 0) is 9.53 Å². The number of carbonyl (C=O) groups excluding carboxylic acids is 1. The van der Waals surface area contributed by atoms with Crippen molar-refractivity contribution in [2.75, 3.05) is 26.2 Å². The van der Waals surface area contributed by atoms with E-state index in [-0.39, 0.29) is 12.0 Å². The normalized spacial score (nSPS) is 34.9. The molecule has 4 nitrogen and oxygen atoms in total. The van der Waals surface area contributed by atoms with Gasteiger partial charge < -0.3 is 10.1 Å². The highest BCUT2D eigenvalue weighted by molar-refractivity contribution is 5.77. The molecule has 96 valence electrons. The minimum absolute atomic E-state index is 0.000743. The van der Waals surface area contributed by atoms with Gasteiger partial charge in [-0.1, -0.05) is 0 Å². The van der Waals surface area contributed by atoms with Gasteiger partial charge in [0.2, 0.25) is 0 Å². The van der Waals surface area contributed by atoms with Crippen LogP contribution in [0.4, 0.5) is 0 Å². The first-order chi connectivity index (χ1) is 8.33. The Kier molecular flexibility index (Phi) is 3.34. The number of nitrogens with one attached hydrogen (secondary N) is 1. The lowest BCUT2D eigenvalue weighted by Gasteiger charge is -2.35. The van der Waals surface area contributed by atoms with Crippen LogP contribution in [-0.4, -0.2) is 49.2 Å². The van der Waals surface area contributed by atoms with Crippen LogP contribution in [0.15, 0.2) is 0 Å². The Labute approximate surface area is 103 Å². The molecule has 4 heteroatoms. The van der Waals surface area contributed by atoms with E-state index in [0.717, 1.165) is 38.0 Å². The zero-order chi connectivity index (χ0) is 11.7. The Morgan fingerprint density at radius 1 is 1.29 bits per heavy atom. The fourth-order valence-corrected chi connectivity index (χ4v) is 2.98. The second-order valence-electron chi connectivity index (χ2n) is 5.66. The monoisotopic (exact) mass is 238 g/mol. The van der Waals surface area contributed by atoms with E-state index in [1.54, 1.807) is 0 Å². The molecule has 0 aromatic rings. The lowest BCUT2D eigenvalue weighted by Crippen LogP contribution is -2.47. The molecule has 0 amide bonds. The molecule has 3 rings (SSSR count). The van der Waals surface area contributed by atoms with Gasteiger partial charge in [-0.15, -0.1) is 0 Å². The summed E-state index contributed by atoms with van der Waals surface area (Å²) >= 11 is 0. The maximum absolute atomic E-state index is 11.6. The Bertz CT molecular complexity index is 291. The van der Waals surface area contributed by atoms with Crippen molar-refractivity contribution >= 4 is 5.97 Å². The number of carbonyl (C=O) groups is 1. The molecule has 0 radical (unpaired) electrons. The number of ether oxygens (including phenoxy) is 1. The van der Waals surface area contributed by atoms with Crippen molar-refractivity contribution in [3.05, 3.63) is 0 Å². The summed E-state index contributed by atoms with van der Waals surface area (Å²) in [5.41, 5.74) is 0. The Morgan fingerprint density at radius 3 is 2.88 bits per heavy atom. The molecular formula is C13H22N2O2. The molecule has 0 spiro atoms. The molecule has 0 aromatic carbocycles. The fourth-order valence-electron chi connectivity index (χ4n) is 2.98. The van der Waals surface area contributed by atoms with Crippen molar-refractivity contribution in [2.45, 2.75) is 44.2 Å². The van der Waals surface area contributed by atoms with Crippen LogP contribution in [0.25, 0.3) is 0 Å². The number of esters is 1. The van der Waals surface area contributed by atoms with Gasteiger partial charge >= 0.3 is 5.97 Å². The van der Waals surface area contributed by atoms with Crippen LogP contribution in [0, 0.1) is 5.92 Å². The molecule has 3 aliphatic rings. The largest absolute Gasteiger partial charge is 0.464 e. The third-order valence-corrected chi connectivity index (χ3v) is 4.17. The van der Waals surface area contributed by atoms with E-state index in [1.165, 1.54) is 25.7 Å². The van der Waals surface area contributed by atoms with Gasteiger partial charge in [0.1, 0.15) is 6.04 Å². The summed E-state index contributed by atoms with van der Waals surface area (Å²) in [6, 6.07) is 0.848. The molecule has 2 unspecified atom stereocenters.